The predicted octanol–water partition coefficient (Wildman–Crippen LogP) is 3.56. The van der Waals surface area contributed by atoms with E-state index in [1.54, 1.807) is 11.8 Å². The average molecular weight is 288 g/mol. The zero-order valence-corrected chi connectivity index (χ0v) is 12.7. The summed E-state index contributed by atoms with van der Waals surface area (Å²) >= 11 is 7.79. The first kappa shape index (κ1) is 15.8. The van der Waals surface area contributed by atoms with Crippen molar-refractivity contribution < 1.29 is 5.11 Å². The largest absolute Gasteiger partial charge is 0.396 e. The summed E-state index contributed by atoms with van der Waals surface area (Å²) in [6.07, 6.45) is 0.816. The van der Waals surface area contributed by atoms with Crippen molar-refractivity contribution in [1.82, 2.24) is 5.32 Å². The summed E-state index contributed by atoms with van der Waals surface area (Å²) in [5, 5.41) is 13.0. The van der Waals surface area contributed by atoms with E-state index in [0.29, 0.717) is 5.92 Å². The molecule has 0 saturated heterocycles. The van der Waals surface area contributed by atoms with E-state index in [2.05, 4.69) is 25.2 Å². The molecule has 2 nitrogen and oxygen atoms in total. The van der Waals surface area contributed by atoms with Gasteiger partial charge in [-0.2, -0.15) is 0 Å². The quantitative estimate of drug-likeness (QED) is 0.566. The summed E-state index contributed by atoms with van der Waals surface area (Å²) in [6.45, 7) is 6.53. The van der Waals surface area contributed by atoms with Gasteiger partial charge in [-0.1, -0.05) is 31.5 Å². The molecule has 0 radical (unpaired) electrons. The third-order valence-electron chi connectivity index (χ3n) is 2.46. The standard InChI is InChI=1S/C14H22ClNOS/c1-11(2)9-16-10-12-4-5-13(15)8-14(12)18-7-3-6-17/h4-5,8,11,16-17H,3,6-7,9-10H2,1-2H3. The van der Waals surface area contributed by atoms with Gasteiger partial charge in [-0.25, -0.2) is 0 Å². The highest BCUT2D eigenvalue weighted by molar-refractivity contribution is 7.99. The predicted molar refractivity (Wildman–Crippen MR) is 80.4 cm³/mol. The molecule has 0 fully saturated rings. The Bertz CT molecular complexity index is 358. The number of thioether (sulfide) groups is 1. The highest BCUT2D eigenvalue weighted by Gasteiger charge is 2.04. The lowest BCUT2D eigenvalue weighted by Gasteiger charge is -2.12. The van der Waals surface area contributed by atoms with Crippen molar-refractivity contribution in [1.29, 1.82) is 0 Å². The SMILES string of the molecule is CC(C)CNCc1ccc(Cl)cc1SCCCO. The minimum atomic E-state index is 0.245. The third-order valence-corrected chi connectivity index (χ3v) is 3.88. The molecule has 18 heavy (non-hydrogen) atoms. The van der Waals surface area contributed by atoms with Crippen molar-refractivity contribution in [3.05, 3.63) is 28.8 Å². The molecule has 0 saturated carbocycles. The van der Waals surface area contributed by atoms with Gasteiger partial charge in [0.1, 0.15) is 0 Å². The maximum atomic E-state index is 8.82. The highest BCUT2D eigenvalue weighted by Crippen LogP contribution is 2.26. The fourth-order valence-corrected chi connectivity index (χ4v) is 2.82. The van der Waals surface area contributed by atoms with Crippen molar-refractivity contribution in [2.24, 2.45) is 5.92 Å². The fourth-order valence-electron chi connectivity index (χ4n) is 1.55. The topological polar surface area (TPSA) is 32.3 Å². The molecular formula is C14H22ClNOS. The zero-order chi connectivity index (χ0) is 13.4. The molecular weight excluding hydrogens is 266 g/mol. The number of aliphatic hydroxyl groups is 1. The molecule has 0 aromatic heterocycles. The molecule has 0 atom stereocenters. The van der Waals surface area contributed by atoms with E-state index in [4.69, 9.17) is 16.7 Å². The molecule has 0 aliphatic carbocycles. The van der Waals surface area contributed by atoms with Gasteiger partial charge in [0.2, 0.25) is 0 Å². The van der Waals surface area contributed by atoms with E-state index in [1.165, 1.54) is 10.5 Å². The van der Waals surface area contributed by atoms with Crippen LogP contribution in [0.3, 0.4) is 0 Å². The second-order valence-electron chi connectivity index (χ2n) is 4.70. The van der Waals surface area contributed by atoms with Gasteiger partial charge in [-0.15, -0.1) is 11.8 Å². The van der Waals surface area contributed by atoms with Gasteiger partial charge in [0.25, 0.3) is 0 Å². The van der Waals surface area contributed by atoms with E-state index in [9.17, 15) is 0 Å². The molecule has 0 spiro atoms. The van der Waals surface area contributed by atoms with Gasteiger partial charge in [0, 0.05) is 28.8 Å². The molecule has 0 amide bonds. The molecule has 0 aliphatic rings. The lowest BCUT2D eigenvalue weighted by atomic mass is 10.2. The third kappa shape index (κ3) is 6.10. The van der Waals surface area contributed by atoms with Crippen LogP contribution in [0.15, 0.2) is 23.1 Å². The van der Waals surface area contributed by atoms with Crippen LogP contribution < -0.4 is 5.32 Å². The summed E-state index contributed by atoms with van der Waals surface area (Å²) < 4.78 is 0. The maximum Gasteiger partial charge on any atom is 0.0439 e. The van der Waals surface area contributed by atoms with Crippen LogP contribution in [0.5, 0.6) is 0 Å². The summed E-state index contributed by atoms with van der Waals surface area (Å²) in [4.78, 5) is 1.22. The molecule has 0 aliphatic heterocycles. The summed E-state index contributed by atoms with van der Waals surface area (Å²) in [6, 6.07) is 6.02. The summed E-state index contributed by atoms with van der Waals surface area (Å²) in [5.74, 6) is 1.58. The van der Waals surface area contributed by atoms with Gasteiger partial charge in [-0.3, -0.25) is 0 Å². The molecule has 102 valence electrons. The number of nitrogens with one attached hydrogen (secondary N) is 1. The number of hydrogen-bond donors (Lipinski definition) is 2. The Balaban J connectivity index is 2.58. The second-order valence-corrected chi connectivity index (χ2v) is 6.28. The molecule has 0 heterocycles. The van der Waals surface area contributed by atoms with Crippen LogP contribution in [0.25, 0.3) is 0 Å². The second kappa shape index (κ2) is 8.81. The molecule has 0 bridgehead atoms. The first-order chi connectivity index (χ1) is 8.63. The minimum Gasteiger partial charge on any atom is -0.396 e. The van der Waals surface area contributed by atoms with Crippen LogP contribution in [0.1, 0.15) is 25.8 Å². The van der Waals surface area contributed by atoms with Crippen LogP contribution in [-0.4, -0.2) is 24.0 Å². The molecule has 1 aromatic rings. The van der Waals surface area contributed by atoms with Crippen LogP contribution in [0, 0.1) is 5.92 Å². The van der Waals surface area contributed by atoms with Crippen molar-refractivity contribution in [3.63, 3.8) is 0 Å². The van der Waals surface area contributed by atoms with Crippen LogP contribution in [0.4, 0.5) is 0 Å². The zero-order valence-electron chi connectivity index (χ0n) is 11.1. The number of aliphatic hydroxyl groups excluding tert-OH is 1. The highest BCUT2D eigenvalue weighted by atomic mass is 35.5. The van der Waals surface area contributed by atoms with Crippen LogP contribution >= 0.6 is 23.4 Å². The Labute approximate surface area is 119 Å². The summed E-state index contributed by atoms with van der Waals surface area (Å²) in [5.41, 5.74) is 1.28. The van der Waals surface area contributed by atoms with Crippen LogP contribution in [0.2, 0.25) is 5.02 Å². The minimum absolute atomic E-state index is 0.245. The Kier molecular flexibility index (Phi) is 7.75. The van der Waals surface area contributed by atoms with Crippen molar-refractivity contribution in [2.75, 3.05) is 18.9 Å². The van der Waals surface area contributed by atoms with Crippen LogP contribution in [-0.2, 0) is 6.54 Å². The molecule has 2 N–H and O–H groups in total. The Morgan fingerprint density at radius 2 is 2.17 bits per heavy atom. The van der Waals surface area contributed by atoms with E-state index in [0.717, 1.165) is 30.3 Å². The number of rotatable bonds is 8. The van der Waals surface area contributed by atoms with Crippen molar-refractivity contribution in [3.8, 4) is 0 Å². The van der Waals surface area contributed by atoms with Crippen molar-refractivity contribution >= 4 is 23.4 Å². The van der Waals surface area contributed by atoms with Gasteiger partial charge >= 0.3 is 0 Å². The van der Waals surface area contributed by atoms with E-state index < -0.39 is 0 Å². The normalized spacial score (nSPS) is 11.2. The monoisotopic (exact) mass is 287 g/mol. The lowest BCUT2D eigenvalue weighted by molar-refractivity contribution is 0.296. The van der Waals surface area contributed by atoms with Gasteiger partial charge in [-0.05, 0) is 36.6 Å². The Morgan fingerprint density at radius 3 is 2.83 bits per heavy atom. The molecule has 4 heteroatoms. The molecule has 0 unspecified atom stereocenters. The van der Waals surface area contributed by atoms with Gasteiger partial charge in [0.15, 0.2) is 0 Å². The van der Waals surface area contributed by atoms with E-state index in [-0.39, 0.29) is 6.61 Å². The average Bonchev–Trinajstić information content (AvgIpc) is 2.32. The van der Waals surface area contributed by atoms with Gasteiger partial charge < -0.3 is 10.4 Å². The fraction of sp³-hybridized carbons (Fsp3) is 0.571. The smallest absolute Gasteiger partial charge is 0.0439 e. The first-order valence-corrected chi connectivity index (χ1v) is 7.72. The number of hydrogen-bond acceptors (Lipinski definition) is 3. The summed E-state index contributed by atoms with van der Waals surface area (Å²) in [7, 11) is 0. The Hall–Kier alpha value is -0.220. The van der Waals surface area contributed by atoms with E-state index >= 15 is 0 Å². The molecule has 1 rings (SSSR count). The number of benzene rings is 1. The first-order valence-electron chi connectivity index (χ1n) is 6.36. The molecule has 1 aromatic carbocycles. The maximum absolute atomic E-state index is 8.82. The number of halogens is 1. The lowest BCUT2D eigenvalue weighted by Crippen LogP contribution is -2.19. The van der Waals surface area contributed by atoms with Crippen molar-refractivity contribution in [2.45, 2.75) is 31.7 Å². The van der Waals surface area contributed by atoms with Gasteiger partial charge in [0.05, 0.1) is 0 Å². The Morgan fingerprint density at radius 1 is 1.39 bits per heavy atom. The van der Waals surface area contributed by atoms with E-state index in [1.807, 2.05) is 12.1 Å².